The second-order valence-corrected chi connectivity index (χ2v) is 9.76. The molecule has 3 aliphatic rings. The van der Waals surface area contributed by atoms with Gasteiger partial charge in [-0.15, -0.1) is 0 Å². The number of allylic oxidation sites excluding steroid dienone is 1. The maximum Gasteiger partial charge on any atom is 0.174 e. The Balaban J connectivity index is 1.44. The molecular formula is C27H38F2N6O. The molecule has 0 aromatic heterocycles. The van der Waals surface area contributed by atoms with Crippen molar-refractivity contribution in [3.63, 3.8) is 0 Å². The fraction of sp³-hybridized carbons (Fsp3) is 0.519. The van der Waals surface area contributed by atoms with E-state index in [1.54, 1.807) is 13.2 Å². The number of Topliss-reactive ketones (excluding diaryl/α,β-unsaturated/α-hetero) is 1. The minimum Gasteiger partial charge on any atom is -0.394 e. The molecule has 4 unspecified atom stereocenters. The number of alkyl halides is 1. The molecule has 196 valence electrons. The molecule has 2 aliphatic heterocycles. The normalized spacial score (nSPS) is 25.9. The number of ketones is 1. The van der Waals surface area contributed by atoms with Crippen LogP contribution in [0.15, 0.2) is 48.1 Å². The Morgan fingerprint density at radius 3 is 2.78 bits per heavy atom. The van der Waals surface area contributed by atoms with Gasteiger partial charge in [0.15, 0.2) is 5.78 Å². The number of carbonyl (C=O) groups excluding carboxylic acids is 1. The van der Waals surface area contributed by atoms with E-state index in [2.05, 4.69) is 32.7 Å². The van der Waals surface area contributed by atoms with Gasteiger partial charge in [-0.05, 0) is 73.4 Å². The van der Waals surface area contributed by atoms with Gasteiger partial charge in [-0.3, -0.25) is 4.79 Å². The molecule has 1 saturated carbocycles. The zero-order valence-electron chi connectivity index (χ0n) is 21.4. The molecule has 4 rings (SSSR count). The minimum absolute atomic E-state index is 0.00323. The Morgan fingerprint density at radius 1 is 1.31 bits per heavy atom. The molecule has 0 radical (unpaired) electrons. The number of hydrogen-bond acceptors (Lipinski definition) is 7. The summed E-state index contributed by atoms with van der Waals surface area (Å²) in [6, 6.07) is 4.32. The van der Waals surface area contributed by atoms with Gasteiger partial charge in [0.2, 0.25) is 0 Å². The lowest BCUT2D eigenvalue weighted by molar-refractivity contribution is -0.119. The van der Waals surface area contributed by atoms with Crippen molar-refractivity contribution in [3.8, 4) is 0 Å². The van der Waals surface area contributed by atoms with Crippen molar-refractivity contribution < 1.29 is 13.6 Å². The number of nitrogens with two attached hydrogens (primary N) is 1. The molecule has 0 amide bonds. The highest BCUT2D eigenvalue weighted by Gasteiger charge is 2.46. The molecule has 36 heavy (non-hydrogen) atoms. The van der Waals surface area contributed by atoms with Crippen LogP contribution in [0.1, 0.15) is 37.3 Å². The Bertz CT molecular complexity index is 1050. The highest BCUT2D eigenvalue weighted by atomic mass is 19.1. The van der Waals surface area contributed by atoms with Crippen LogP contribution < -0.4 is 21.7 Å². The summed E-state index contributed by atoms with van der Waals surface area (Å²) in [7, 11) is 3.81. The standard InChI is InChI=1S/C27H38F2N6O/c1-4-35-26-23(34(3)27(35)18-5-6-21(28)11-18)7-8-33-25(26)24(36)16-32-14-17-9-19(12-22(29)10-17)20(13-30)15-31-2/h7-10,12,15,18,21,25,27,31-33H,4-6,11,13-14,16,30H2,1-3H3/b20-15+. The molecule has 1 aromatic carbocycles. The van der Waals surface area contributed by atoms with Crippen LogP contribution in [-0.2, 0) is 11.3 Å². The van der Waals surface area contributed by atoms with Crippen molar-refractivity contribution >= 4 is 11.4 Å². The lowest BCUT2D eigenvalue weighted by atomic mass is 10.0. The Morgan fingerprint density at radius 2 is 2.11 bits per heavy atom. The topological polar surface area (TPSA) is 85.7 Å². The smallest absolute Gasteiger partial charge is 0.174 e. The van der Waals surface area contributed by atoms with Crippen molar-refractivity contribution in [1.29, 1.82) is 0 Å². The van der Waals surface area contributed by atoms with E-state index < -0.39 is 12.2 Å². The molecule has 5 N–H and O–H groups in total. The van der Waals surface area contributed by atoms with Crippen molar-refractivity contribution in [3.05, 3.63) is 65.0 Å². The van der Waals surface area contributed by atoms with Crippen LogP contribution in [0.4, 0.5) is 8.78 Å². The molecule has 4 atom stereocenters. The summed E-state index contributed by atoms with van der Waals surface area (Å²) in [5, 5.41) is 9.36. The van der Waals surface area contributed by atoms with Gasteiger partial charge >= 0.3 is 0 Å². The third-order valence-corrected chi connectivity index (χ3v) is 7.43. The third kappa shape index (κ3) is 5.27. The first-order valence-electron chi connectivity index (χ1n) is 12.8. The molecule has 7 nitrogen and oxygen atoms in total. The van der Waals surface area contributed by atoms with E-state index in [1.165, 1.54) is 12.1 Å². The second-order valence-electron chi connectivity index (χ2n) is 9.76. The molecule has 0 spiro atoms. The lowest BCUT2D eigenvalue weighted by Crippen LogP contribution is -2.49. The molecule has 1 aromatic rings. The van der Waals surface area contributed by atoms with Crippen molar-refractivity contribution in [1.82, 2.24) is 25.8 Å². The molecule has 2 heterocycles. The van der Waals surface area contributed by atoms with E-state index in [4.69, 9.17) is 5.73 Å². The number of dihydropyridines is 1. The summed E-state index contributed by atoms with van der Waals surface area (Å²) in [6.45, 7) is 3.58. The monoisotopic (exact) mass is 500 g/mol. The number of benzene rings is 1. The molecule has 1 fully saturated rings. The summed E-state index contributed by atoms with van der Waals surface area (Å²) >= 11 is 0. The van der Waals surface area contributed by atoms with E-state index in [0.29, 0.717) is 24.9 Å². The number of carbonyl (C=O) groups is 1. The first-order chi connectivity index (χ1) is 17.4. The van der Waals surface area contributed by atoms with Gasteiger partial charge in [-0.2, -0.15) is 0 Å². The first kappa shape index (κ1) is 26.2. The largest absolute Gasteiger partial charge is 0.394 e. The summed E-state index contributed by atoms with van der Waals surface area (Å²) in [5.41, 5.74) is 10.0. The van der Waals surface area contributed by atoms with Gasteiger partial charge in [0, 0.05) is 45.8 Å². The second kappa shape index (κ2) is 11.4. The average Bonchev–Trinajstić information content (AvgIpc) is 3.42. The fourth-order valence-corrected chi connectivity index (χ4v) is 5.85. The van der Waals surface area contributed by atoms with Crippen LogP contribution in [0.2, 0.25) is 0 Å². The van der Waals surface area contributed by atoms with Gasteiger partial charge < -0.3 is 31.5 Å². The predicted octanol–water partition coefficient (Wildman–Crippen LogP) is 2.43. The summed E-state index contributed by atoms with van der Waals surface area (Å²) < 4.78 is 28.3. The first-order valence-corrected chi connectivity index (χ1v) is 12.8. The number of nitrogens with zero attached hydrogens (tertiary/aromatic N) is 2. The quantitative estimate of drug-likeness (QED) is 0.393. The third-order valence-electron chi connectivity index (χ3n) is 7.43. The molecule has 1 aliphatic carbocycles. The van der Waals surface area contributed by atoms with Crippen molar-refractivity contribution in [2.75, 3.05) is 33.7 Å². The number of likely N-dealkylation sites (N-methyl/N-ethyl adjacent to an activating group) is 2. The van der Waals surface area contributed by atoms with Crippen LogP contribution in [0.3, 0.4) is 0 Å². The maximum atomic E-state index is 14.3. The average molecular weight is 501 g/mol. The highest BCUT2D eigenvalue weighted by Crippen LogP contribution is 2.42. The van der Waals surface area contributed by atoms with Crippen LogP contribution in [0.5, 0.6) is 0 Å². The zero-order chi connectivity index (χ0) is 25.8. The van der Waals surface area contributed by atoms with Crippen LogP contribution in [0, 0.1) is 11.7 Å². The van der Waals surface area contributed by atoms with Gasteiger partial charge in [0.05, 0.1) is 17.9 Å². The number of rotatable bonds is 10. The number of nitrogens with one attached hydrogen (secondary N) is 3. The van der Waals surface area contributed by atoms with Crippen LogP contribution in [-0.4, -0.2) is 67.7 Å². The van der Waals surface area contributed by atoms with Crippen molar-refractivity contribution in [2.45, 2.75) is 51.1 Å². The van der Waals surface area contributed by atoms with Gasteiger partial charge in [0.1, 0.15) is 24.2 Å². The van der Waals surface area contributed by atoms with E-state index in [0.717, 1.165) is 35.5 Å². The Kier molecular flexibility index (Phi) is 8.31. The van der Waals surface area contributed by atoms with Gasteiger partial charge in [-0.25, -0.2) is 8.78 Å². The molecular weight excluding hydrogens is 462 g/mol. The molecule has 0 bridgehead atoms. The highest BCUT2D eigenvalue weighted by molar-refractivity contribution is 5.89. The SMILES string of the molecule is CCN1C2=C(C=CNC2C(=O)CNCc2cc(F)cc(/C(=C/NC)CN)c2)N(C)C1C1CCC(F)C1. The van der Waals surface area contributed by atoms with E-state index in [1.807, 2.05) is 25.4 Å². The summed E-state index contributed by atoms with van der Waals surface area (Å²) in [4.78, 5) is 17.8. The predicted molar refractivity (Wildman–Crippen MR) is 138 cm³/mol. The maximum absolute atomic E-state index is 14.3. The van der Waals surface area contributed by atoms with Crippen molar-refractivity contribution in [2.24, 2.45) is 11.7 Å². The van der Waals surface area contributed by atoms with E-state index in [9.17, 15) is 13.6 Å². The minimum atomic E-state index is -0.743. The lowest BCUT2D eigenvalue weighted by Gasteiger charge is -2.37. The molecule has 0 saturated heterocycles. The van der Waals surface area contributed by atoms with Gasteiger partial charge in [0.25, 0.3) is 0 Å². The fourth-order valence-electron chi connectivity index (χ4n) is 5.85. The molecule has 9 heteroatoms. The van der Waals surface area contributed by atoms with E-state index >= 15 is 0 Å². The number of halogens is 2. The Labute approximate surface area is 212 Å². The number of hydrogen-bond donors (Lipinski definition) is 4. The zero-order valence-corrected chi connectivity index (χ0v) is 21.4. The van der Waals surface area contributed by atoms with Gasteiger partial charge in [-0.1, -0.05) is 0 Å². The van der Waals surface area contributed by atoms with Crippen LogP contribution in [0.25, 0.3) is 5.57 Å². The summed E-state index contributed by atoms with van der Waals surface area (Å²) in [5.74, 6) is -0.111. The van der Waals surface area contributed by atoms with Crippen LogP contribution >= 0.6 is 0 Å². The Hall–Kier alpha value is -2.91. The summed E-state index contributed by atoms with van der Waals surface area (Å²) in [6.07, 6.45) is 6.92. The van der Waals surface area contributed by atoms with E-state index in [-0.39, 0.29) is 36.8 Å².